The molecule has 0 saturated heterocycles. The Hall–Kier alpha value is -1.04. The van der Waals surface area contributed by atoms with Crippen molar-refractivity contribution >= 4 is 5.91 Å². The first-order chi connectivity index (χ1) is 8.20. The molecule has 1 N–H and O–H groups in total. The van der Waals surface area contributed by atoms with Crippen LogP contribution in [0.25, 0.3) is 0 Å². The topological polar surface area (TPSA) is 52.9 Å². The van der Waals surface area contributed by atoms with E-state index in [-0.39, 0.29) is 5.91 Å². The van der Waals surface area contributed by atoms with Gasteiger partial charge in [-0.15, -0.1) is 0 Å². The standard InChI is InChI=1S/C15H26N2O/c1-11(2)12-6-8-15(10-16,9-7-12)17-13(18)14(3,4)5/h11-12H,6-9H2,1-5H3,(H,17,18). The molecule has 0 spiro atoms. The fraction of sp³-hybridized carbons (Fsp3) is 0.867. The lowest BCUT2D eigenvalue weighted by Crippen LogP contribution is -2.53. The minimum atomic E-state index is -0.629. The summed E-state index contributed by atoms with van der Waals surface area (Å²) in [7, 11) is 0. The number of nitrogens with one attached hydrogen (secondary N) is 1. The van der Waals surface area contributed by atoms with Crippen molar-refractivity contribution in [1.29, 1.82) is 5.26 Å². The van der Waals surface area contributed by atoms with E-state index in [0.717, 1.165) is 25.7 Å². The van der Waals surface area contributed by atoms with Crippen LogP contribution >= 0.6 is 0 Å². The molecule has 102 valence electrons. The Bertz CT molecular complexity index is 338. The summed E-state index contributed by atoms with van der Waals surface area (Å²) in [6.45, 7) is 10.1. The van der Waals surface area contributed by atoms with Gasteiger partial charge in [0.15, 0.2) is 0 Å². The molecule has 0 aliphatic heterocycles. The van der Waals surface area contributed by atoms with Crippen LogP contribution in [-0.4, -0.2) is 11.4 Å². The monoisotopic (exact) mass is 250 g/mol. The highest BCUT2D eigenvalue weighted by atomic mass is 16.2. The third-order valence-corrected chi connectivity index (χ3v) is 4.07. The molecule has 1 fully saturated rings. The minimum Gasteiger partial charge on any atom is -0.337 e. The first-order valence-electron chi connectivity index (χ1n) is 6.94. The van der Waals surface area contributed by atoms with Crippen LogP contribution in [0.2, 0.25) is 0 Å². The van der Waals surface area contributed by atoms with Crippen molar-refractivity contribution in [2.24, 2.45) is 17.3 Å². The van der Waals surface area contributed by atoms with Gasteiger partial charge in [0.25, 0.3) is 0 Å². The van der Waals surface area contributed by atoms with E-state index < -0.39 is 11.0 Å². The van der Waals surface area contributed by atoms with Gasteiger partial charge >= 0.3 is 0 Å². The predicted octanol–water partition coefficient (Wildman–Crippen LogP) is 3.26. The van der Waals surface area contributed by atoms with Crippen molar-refractivity contribution in [2.45, 2.75) is 65.8 Å². The van der Waals surface area contributed by atoms with Crippen LogP contribution in [0.1, 0.15) is 60.3 Å². The molecule has 0 heterocycles. The molecule has 0 unspecified atom stereocenters. The third kappa shape index (κ3) is 3.48. The maximum atomic E-state index is 12.1. The smallest absolute Gasteiger partial charge is 0.226 e. The Morgan fingerprint density at radius 1 is 1.33 bits per heavy atom. The largest absolute Gasteiger partial charge is 0.337 e. The summed E-state index contributed by atoms with van der Waals surface area (Å²) in [5.74, 6) is 1.34. The number of hydrogen-bond acceptors (Lipinski definition) is 2. The zero-order chi connectivity index (χ0) is 14.0. The van der Waals surface area contributed by atoms with E-state index in [2.05, 4.69) is 25.2 Å². The molecule has 3 heteroatoms. The molecule has 1 rings (SSSR count). The number of hydrogen-bond donors (Lipinski definition) is 1. The minimum absolute atomic E-state index is 0.0213. The van der Waals surface area contributed by atoms with Gasteiger partial charge in [0, 0.05) is 5.41 Å². The Labute approximate surface area is 111 Å². The number of rotatable bonds is 2. The molecule has 0 aromatic heterocycles. The average Bonchev–Trinajstić information content (AvgIpc) is 2.28. The lowest BCUT2D eigenvalue weighted by atomic mass is 9.73. The number of nitriles is 1. The van der Waals surface area contributed by atoms with E-state index in [1.807, 2.05) is 20.8 Å². The van der Waals surface area contributed by atoms with Crippen molar-refractivity contribution < 1.29 is 4.79 Å². The second-order valence-electron chi connectivity index (χ2n) is 6.98. The molecule has 1 saturated carbocycles. The molecule has 0 radical (unpaired) electrons. The molecule has 0 bridgehead atoms. The summed E-state index contributed by atoms with van der Waals surface area (Å²) >= 11 is 0. The predicted molar refractivity (Wildman–Crippen MR) is 72.7 cm³/mol. The first kappa shape index (κ1) is 15.0. The van der Waals surface area contributed by atoms with Crippen LogP contribution in [0.4, 0.5) is 0 Å². The van der Waals surface area contributed by atoms with Gasteiger partial charge in [0.1, 0.15) is 5.54 Å². The maximum absolute atomic E-state index is 12.1. The second kappa shape index (κ2) is 5.30. The third-order valence-electron chi connectivity index (χ3n) is 4.07. The van der Waals surface area contributed by atoms with Crippen molar-refractivity contribution in [3.63, 3.8) is 0 Å². The Balaban J connectivity index is 2.68. The molecular weight excluding hydrogens is 224 g/mol. The van der Waals surface area contributed by atoms with Gasteiger partial charge < -0.3 is 5.32 Å². The van der Waals surface area contributed by atoms with Crippen molar-refractivity contribution in [3.8, 4) is 6.07 Å². The van der Waals surface area contributed by atoms with E-state index in [4.69, 9.17) is 0 Å². The van der Waals surface area contributed by atoms with Crippen LogP contribution in [0, 0.1) is 28.6 Å². The highest BCUT2D eigenvalue weighted by Gasteiger charge is 2.39. The highest BCUT2D eigenvalue weighted by molar-refractivity contribution is 5.82. The molecule has 1 aliphatic carbocycles. The van der Waals surface area contributed by atoms with Crippen LogP contribution in [0.3, 0.4) is 0 Å². The summed E-state index contributed by atoms with van der Waals surface area (Å²) < 4.78 is 0. The summed E-state index contributed by atoms with van der Waals surface area (Å²) in [6, 6.07) is 2.35. The second-order valence-corrected chi connectivity index (χ2v) is 6.98. The van der Waals surface area contributed by atoms with Crippen molar-refractivity contribution in [3.05, 3.63) is 0 Å². The fourth-order valence-corrected chi connectivity index (χ4v) is 2.47. The summed E-state index contributed by atoms with van der Waals surface area (Å²) in [6.07, 6.45) is 3.65. The summed E-state index contributed by atoms with van der Waals surface area (Å²) in [5, 5.41) is 12.4. The molecule has 1 amide bonds. The fourth-order valence-electron chi connectivity index (χ4n) is 2.47. The van der Waals surface area contributed by atoms with Gasteiger partial charge in [-0.05, 0) is 37.5 Å². The SMILES string of the molecule is CC(C)C1CCC(C#N)(NC(=O)C(C)(C)C)CC1. The Morgan fingerprint density at radius 2 is 1.83 bits per heavy atom. The number of carbonyl (C=O) groups excluding carboxylic acids is 1. The molecule has 0 aromatic rings. The molecule has 0 atom stereocenters. The normalized spacial score (nSPS) is 28.8. The van der Waals surface area contributed by atoms with E-state index in [1.54, 1.807) is 0 Å². The van der Waals surface area contributed by atoms with Crippen LogP contribution < -0.4 is 5.32 Å². The molecule has 18 heavy (non-hydrogen) atoms. The molecular formula is C15H26N2O. The van der Waals surface area contributed by atoms with Gasteiger partial charge in [-0.2, -0.15) is 5.26 Å². The molecule has 3 nitrogen and oxygen atoms in total. The molecule has 0 aromatic carbocycles. The quantitative estimate of drug-likeness (QED) is 0.818. The van der Waals surface area contributed by atoms with Crippen LogP contribution in [0.5, 0.6) is 0 Å². The first-order valence-corrected chi connectivity index (χ1v) is 6.94. The van der Waals surface area contributed by atoms with Gasteiger partial charge in [0.05, 0.1) is 6.07 Å². The van der Waals surface area contributed by atoms with E-state index in [0.29, 0.717) is 11.8 Å². The lowest BCUT2D eigenvalue weighted by molar-refractivity contribution is -0.130. The summed E-state index contributed by atoms with van der Waals surface area (Å²) in [5.41, 5.74) is -1.06. The van der Waals surface area contributed by atoms with Crippen LogP contribution in [-0.2, 0) is 4.79 Å². The van der Waals surface area contributed by atoms with Gasteiger partial charge in [0.2, 0.25) is 5.91 Å². The van der Waals surface area contributed by atoms with Gasteiger partial charge in [-0.25, -0.2) is 0 Å². The lowest BCUT2D eigenvalue weighted by Gasteiger charge is -2.38. The summed E-state index contributed by atoms with van der Waals surface area (Å²) in [4.78, 5) is 12.1. The van der Waals surface area contributed by atoms with Crippen LogP contribution in [0.15, 0.2) is 0 Å². The van der Waals surface area contributed by atoms with Crippen molar-refractivity contribution in [1.82, 2.24) is 5.32 Å². The zero-order valence-corrected chi connectivity index (χ0v) is 12.3. The zero-order valence-electron chi connectivity index (χ0n) is 12.3. The Kier molecular flexibility index (Phi) is 4.42. The van der Waals surface area contributed by atoms with E-state index in [1.165, 1.54) is 0 Å². The maximum Gasteiger partial charge on any atom is 0.226 e. The van der Waals surface area contributed by atoms with Gasteiger partial charge in [-0.3, -0.25) is 4.79 Å². The van der Waals surface area contributed by atoms with Gasteiger partial charge in [-0.1, -0.05) is 34.6 Å². The van der Waals surface area contributed by atoms with E-state index >= 15 is 0 Å². The molecule has 1 aliphatic rings. The Morgan fingerprint density at radius 3 is 2.17 bits per heavy atom. The average molecular weight is 250 g/mol. The van der Waals surface area contributed by atoms with E-state index in [9.17, 15) is 10.1 Å². The number of carbonyl (C=O) groups is 1. The number of amides is 1. The number of nitrogens with zero attached hydrogens (tertiary/aromatic N) is 1. The van der Waals surface area contributed by atoms with Crippen molar-refractivity contribution in [2.75, 3.05) is 0 Å². The highest BCUT2D eigenvalue weighted by Crippen LogP contribution is 2.36.